The number of aromatic carboxylic acids is 1. The molecule has 6 heteroatoms. The molecule has 0 unspecified atom stereocenters. The van der Waals surface area contributed by atoms with Crippen molar-refractivity contribution >= 4 is 11.9 Å². The van der Waals surface area contributed by atoms with Gasteiger partial charge >= 0.3 is 5.97 Å². The molecule has 0 radical (unpaired) electrons. The fourth-order valence-electron chi connectivity index (χ4n) is 2.11. The molecule has 100 valence electrons. The Balaban J connectivity index is 2.28. The summed E-state index contributed by atoms with van der Waals surface area (Å²) in [6.45, 7) is 7.80. The van der Waals surface area contributed by atoms with Gasteiger partial charge in [0, 0.05) is 38.4 Å². The number of carboxylic acid groups (broad SMARTS) is 1. The van der Waals surface area contributed by atoms with Gasteiger partial charge in [-0.15, -0.1) is 0 Å². The minimum Gasteiger partial charge on any atom is -0.476 e. The fraction of sp³-hybridized carbons (Fsp3) is 0.667. The number of hydrogen-bond acceptors (Lipinski definition) is 4. The van der Waals surface area contributed by atoms with Gasteiger partial charge in [-0.1, -0.05) is 0 Å². The Morgan fingerprint density at radius 1 is 1.33 bits per heavy atom. The molecule has 1 aliphatic heterocycles. The molecule has 0 spiro atoms. The average molecular weight is 252 g/mol. The maximum Gasteiger partial charge on any atom is 0.356 e. The van der Waals surface area contributed by atoms with Crippen molar-refractivity contribution < 1.29 is 9.90 Å². The molecule has 0 saturated carbocycles. The van der Waals surface area contributed by atoms with Gasteiger partial charge < -0.3 is 19.5 Å². The van der Waals surface area contributed by atoms with Crippen LogP contribution in [-0.2, 0) is 0 Å². The third-order valence-electron chi connectivity index (χ3n) is 3.27. The van der Waals surface area contributed by atoms with Gasteiger partial charge in [-0.2, -0.15) is 0 Å². The first-order chi connectivity index (χ1) is 8.49. The highest BCUT2D eigenvalue weighted by atomic mass is 16.4. The number of imidazole rings is 1. The molecular weight excluding hydrogens is 232 g/mol. The lowest BCUT2D eigenvalue weighted by molar-refractivity contribution is 0.0691. The topological polar surface area (TPSA) is 61.6 Å². The summed E-state index contributed by atoms with van der Waals surface area (Å²) in [5.41, 5.74) is 0.123. The Labute approximate surface area is 107 Å². The highest BCUT2D eigenvalue weighted by molar-refractivity contribution is 5.85. The van der Waals surface area contributed by atoms with E-state index in [4.69, 9.17) is 5.11 Å². The molecular formula is C12H20N4O2. The van der Waals surface area contributed by atoms with Crippen molar-refractivity contribution in [2.45, 2.75) is 19.9 Å². The first-order valence-corrected chi connectivity index (χ1v) is 6.24. The van der Waals surface area contributed by atoms with Crippen LogP contribution in [0.15, 0.2) is 6.20 Å². The normalized spacial score (nSPS) is 17.4. The predicted molar refractivity (Wildman–Crippen MR) is 69.3 cm³/mol. The van der Waals surface area contributed by atoms with E-state index in [0.717, 1.165) is 32.1 Å². The van der Waals surface area contributed by atoms with E-state index in [1.807, 2.05) is 18.4 Å². The molecule has 0 atom stereocenters. The molecule has 0 amide bonds. The van der Waals surface area contributed by atoms with E-state index in [9.17, 15) is 4.79 Å². The zero-order chi connectivity index (χ0) is 13.3. The van der Waals surface area contributed by atoms with Crippen LogP contribution in [0.3, 0.4) is 0 Å². The van der Waals surface area contributed by atoms with E-state index in [1.54, 1.807) is 6.20 Å². The Morgan fingerprint density at radius 2 is 1.94 bits per heavy atom. The van der Waals surface area contributed by atoms with Crippen molar-refractivity contribution in [3.05, 3.63) is 11.9 Å². The number of nitrogens with zero attached hydrogens (tertiary/aromatic N) is 4. The molecule has 2 heterocycles. The number of carbonyl (C=O) groups is 1. The minimum atomic E-state index is -0.968. The molecule has 0 aliphatic carbocycles. The second kappa shape index (κ2) is 4.97. The third-order valence-corrected chi connectivity index (χ3v) is 3.27. The number of piperazine rings is 1. The third kappa shape index (κ3) is 2.48. The Kier molecular flexibility index (Phi) is 3.56. The maximum atomic E-state index is 11.0. The lowest BCUT2D eigenvalue weighted by atomic mass is 10.3. The summed E-state index contributed by atoms with van der Waals surface area (Å²) in [6, 6.07) is 0.209. The minimum absolute atomic E-state index is 0.123. The van der Waals surface area contributed by atoms with E-state index in [0.29, 0.717) is 0 Å². The van der Waals surface area contributed by atoms with Crippen LogP contribution in [-0.4, -0.2) is 58.8 Å². The molecule has 0 bridgehead atoms. The SMILES string of the molecule is CC(C)n1cc(C(=O)O)nc1N1CCN(C)CC1. The quantitative estimate of drug-likeness (QED) is 0.866. The molecule has 0 aromatic carbocycles. The van der Waals surface area contributed by atoms with Gasteiger partial charge in [0.25, 0.3) is 0 Å². The Bertz CT molecular complexity index is 433. The fourth-order valence-corrected chi connectivity index (χ4v) is 2.11. The average Bonchev–Trinajstić information content (AvgIpc) is 2.75. The van der Waals surface area contributed by atoms with Crippen LogP contribution in [0.2, 0.25) is 0 Å². The lowest BCUT2D eigenvalue weighted by Crippen LogP contribution is -2.45. The van der Waals surface area contributed by atoms with Gasteiger partial charge in [0.2, 0.25) is 5.95 Å². The summed E-state index contributed by atoms with van der Waals surface area (Å²) in [5.74, 6) is -0.194. The summed E-state index contributed by atoms with van der Waals surface area (Å²) < 4.78 is 1.94. The van der Waals surface area contributed by atoms with E-state index in [2.05, 4.69) is 21.8 Å². The zero-order valence-electron chi connectivity index (χ0n) is 11.1. The van der Waals surface area contributed by atoms with E-state index in [1.165, 1.54) is 0 Å². The highest BCUT2D eigenvalue weighted by Crippen LogP contribution is 2.21. The molecule has 1 aromatic rings. The van der Waals surface area contributed by atoms with Gasteiger partial charge in [-0.25, -0.2) is 9.78 Å². The number of rotatable bonds is 3. The molecule has 2 rings (SSSR count). The monoisotopic (exact) mass is 252 g/mol. The molecule has 1 saturated heterocycles. The highest BCUT2D eigenvalue weighted by Gasteiger charge is 2.22. The van der Waals surface area contributed by atoms with E-state index >= 15 is 0 Å². The lowest BCUT2D eigenvalue weighted by Gasteiger charge is -2.33. The van der Waals surface area contributed by atoms with Gasteiger partial charge in [0.05, 0.1) is 0 Å². The van der Waals surface area contributed by atoms with Gasteiger partial charge in [0.1, 0.15) is 0 Å². The van der Waals surface area contributed by atoms with E-state index < -0.39 is 5.97 Å². The smallest absolute Gasteiger partial charge is 0.356 e. The standard InChI is InChI=1S/C12H20N4O2/c1-9(2)16-8-10(11(17)18)13-12(16)15-6-4-14(3)5-7-15/h8-9H,4-7H2,1-3H3,(H,17,18). The number of aromatic nitrogens is 2. The molecule has 1 N–H and O–H groups in total. The summed E-state index contributed by atoms with van der Waals surface area (Å²) in [4.78, 5) is 19.7. The molecule has 1 aliphatic rings. The number of anilines is 1. The first kappa shape index (κ1) is 12.9. The van der Waals surface area contributed by atoms with Crippen LogP contribution in [0.5, 0.6) is 0 Å². The van der Waals surface area contributed by atoms with Crippen LogP contribution in [0, 0.1) is 0 Å². The van der Waals surface area contributed by atoms with Crippen LogP contribution in [0.4, 0.5) is 5.95 Å². The van der Waals surface area contributed by atoms with Crippen LogP contribution in [0.1, 0.15) is 30.4 Å². The van der Waals surface area contributed by atoms with Crippen molar-refractivity contribution in [2.24, 2.45) is 0 Å². The van der Waals surface area contributed by atoms with Gasteiger partial charge in [-0.05, 0) is 20.9 Å². The Hall–Kier alpha value is -1.56. The largest absolute Gasteiger partial charge is 0.476 e. The molecule has 18 heavy (non-hydrogen) atoms. The van der Waals surface area contributed by atoms with E-state index in [-0.39, 0.29) is 11.7 Å². The molecule has 1 aromatic heterocycles. The maximum absolute atomic E-state index is 11.0. The van der Waals surface area contributed by atoms with Crippen molar-refractivity contribution in [1.82, 2.24) is 14.5 Å². The summed E-state index contributed by atoms with van der Waals surface area (Å²) in [5, 5.41) is 9.04. The summed E-state index contributed by atoms with van der Waals surface area (Å²) >= 11 is 0. The van der Waals surface area contributed by atoms with Crippen molar-refractivity contribution in [3.8, 4) is 0 Å². The first-order valence-electron chi connectivity index (χ1n) is 6.24. The van der Waals surface area contributed by atoms with Crippen LogP contribution >= 0.6 is 0 Å². The van der Waals surface area contributed by atoms with Gasteiger partial charge in [-0.3, -0.25) is 0 Å². The molecule has 1 fully saturated rings. The van der Waals surface area contributed by atoms with Crippen molar-refractivity contribution in [2.75, 3.05) is 38.1 Å². The predicted octanol–water partition coefficient (Wildman–Crippen LogP) is 0.914. The summed E-state index contributed by atoms with van der Waals surface area (Å²) in [7, 11) is 2.09. The van der Waals surface area contributed by atoms with Gasteiger partial charge in [0.15, 0.2) is 5.69 Å². The molecule has 6 nitrogen and oxygen atoms in total. The van der Waals surface area contributed by atoms with Crippen LogP contribution in [0.25, 0.3) is 0 Å². The second-order valence-corrected chi connectivity index (χ2v) is 5.02. The van der Waals surface area contributed by atoms with Crippen molar-refractivity contribution in [1.29, 1.82) is 0 Å². The Morgan fingerprint density at radius 3 is 2.44 bits per heavy atom. The van der Waals surface area contributed by atoms with Crippen LogP contribution < -0.4 is 4.90 Å². The zero-order valence-corrected chi connectivity index (χ0v) is 11.1. The number of carboxylic acids is 1. The second-order valence-electron chi connectivity index (χ2n) is 5.02. The summed E-state index contributed by atoms with van der Waals surface area (Å²) in [6.07, 6.45) is 1.63. The van der Waals surface area contributed by atoms with Crippen molar-refractivity contribution in [3.63, 3.8) is 0 Å². The number of likely N-dealkylation sites (N-methyl/N-ethyl adjacent to an activating group) is 1. The number of hydrogen-bond donors (Lipinski definition) is 1.